The lowest BCUT2D eigenvalue weighted by Crippen LogP contribution is -2.02. The molecule has 0 heterocycles. The van der Waals surface area contributed by atoms with Crippen molar-refractivity contribution < 1.29 is 13.6 Å². The number of hydrogen-bond donors (Lipinski definition) is 2. The molecule has 0 aliphatic heterocycles. The van der Waals surface area contributed by atoms with Crippen molar-refractivity contribution in [3.8, 4) is 28.4 Å². The third kappa shape index (κ3) is 7.28. The molecule has 0 bridgehead atoms. The summed E-state index contributed by atoms with van der Waals surface area (Å²) in [6, 6.07) is 53.7. The first-order valence-electron chi connectivity index (χ1n) is 13.6. The molecule has 6 aromatic carbocycles. The molecule has 6 heteroatoms. The van der Waals surface area contributed by atoms with Gasteiger partial charge in [-0.05, 0) is 84.4 Å². The smallest absolute Gasteiger partial charge is 0.409 e. The van der Waals surface area contributed by atoms with E-state index in [9.17, 15) is 0 Å². The summed E-state index contributed by atoms with van der Waals surface area (Å²) < 4.78 is 18.6. The minimum atomic E-state index is -1.78. The van der Waals surface area contributed by atoms with Crippen LogP contribution in [0.15, 0.2) is 164 Å². The van der Waals surface area contributed by atoms with E-state index in [4.69, 9.17) is 13.6 Å². The molecule has 0 spiro atoms. The SMILES string of the molecule is c1ccc(Nc2ccc(OP(Oc3ccccc3)Oc3ccc(-c4ccccc4Nc4ccccc4)cc3)cc2)cc1. The van der Waals surface area contributed by atoms with Gasteiger partial charge in [0.25, 0.3) is 0 Å². The van der Waals surface area contributed by atoms with E-state index in [1.54, 1.807) is 0 Å². The van der Waals surface area contributed by atoms with E-state index < -0.39 is 8.60 Å². The maximum absolute atomic E-state index is 6.25. The third-order valence-electron chi connectivity index (χ3n) is 6.35. The average molecular weight is 569 g/mol. The van der Waals surface area contributed by atoms with Crippen LogP contribution in [0.4, 0.5) is 22.7 Å². The van der Waals surface area contributed by atoms with Gasteiger partial charge in [-0.1, -0.05) is 84.9 Å². The summed E-state index contributed by atoms with van der Waals surface area (Å²) >= 11 is 0. The number of rotatable bonds is 11. The fraction of sp³-hybridized carbons (Fsp3) is 0. The van der Waals surface area contributed by atoms with Crippen molar-refractivity contribution in [2.45, 2.75) is 0 Å². The van der Waals surface area contributed by atoms with Gasteiger partial charge in [0, 0.05) is 28.3 Å². The summed E-state index contributed by atoms with van der Waals surface area (Å²) in [6.07, 6.45) is 0. The highest BCUT2D eigenvalue weighted by molar-refractivity contribution is 7.43. The summed E-state index contributed by atoms with van der Waals surface area (Å²) in [4.78, 5) is 0. The van der Waals surface area contributed by atoms with Gasteiger partial charge in [0.05, 0.1) is 0 Å². The highest BCUT2D eigenvalue weighted by atomic mass is 31.2. The molecule has 206 valence electrons. The first-order valence-corrected chi connectivity index (χ1v) is 14.7. The Morgan fingerprint density at radius 3 is 1.38 bits per heavy atom. The summed E-state index contributed by atoms with van der Waals surface area (Å²) in [5.74, 6) is 1.97. The van der Waals surface area contributed by atoms with Crippen molar-refractivity contribution in [3.05, 3.63) is 164 Å². The molecule has 6 rings (SSSR count). The lowest BCUT2D eigenvalue weighted by Gasteiger charge is -2.18. The second-order valence-corrected chi connectivity index (χ2v) is 10.4. The van der Waals surface area contributed by atoms with Crippen molar-refractivity contribution in [1.29, 1.82) is 0 Å². The molecule has 0 amide bonds. The maximum atomic E-state index is 6.25. The van der Waals surface area contributed by atoms with E-state index in [-0.39, 0.29) is 0 Å². The molecule has 0 aromatic heterocycles. The molecule has 1 atom stereocenters. The van der Waals surface area contributed by atoms with Gasteiger partial charge >= 0.3 is 8.60 Å². The highest BCUT2D eigenvalue weighted by Crippen LogP contribution is 2.43. The van der Waals surface area contributed by atoms with Gasteiger partial charge in [0.2, 0.25) is 0 Å². The Kier molecular flexibility index (Phi) is 8.60. The van der Waals surface area contributed by atoms with Crippen LogP contribution < -0.4 is 24.2 Å². The van der Waals surface area contributed by atoms with Crippen LogP contribution in [0.2, 0.25) is 0 Å². The zero-order valence-electron chi connectivity index (χ0n) is 22.8. The van der Waals surface area contributed by atoms with E-state index in [0.29, 0.717) is 17.2 Å². The molecule has 0 radical (unpaired) electrons. The van der Waals surface area contributed by atoms with Crippen LogP contribution in [-0.4, -0.2) is 0 Å². The molecule has 0 saturated heterocycles. The molecule has 1 unspecified atom stereocenters. The first-order chi connectivity index (χ1) is 20.8. The van der Waals surface area contributed by atoms with Crippen LogP contribution in [-0.2, 0) is 0 Å². The first kappa shape index (κ1) is 26.9. The predicted molar refractivity (Wildman–Crippen MR) is 173 cm³/mol. The molecule has 2 N–H and O–H groups in total. The molecule has 0 aliphatic rings. The van der Waals surface area contributed by atoms with Crippen molar-refractivity contribution in [2.75, 3.05) is 10.6 Å². The molecular weight excluding hydrogens is 539 g/mol. The van der Waals surface area contributed by atoms with Crippen LogP contribution in [0, 0.1) is 0 Å². The molecule has 0 saturated carbocycles. The number of benzene rings is 6. The Labute approximate surface area is 247 Å². The van der Waals surface area contributed by atoms with Crippen molar-refractivity contribution in [2.24, 2.45) is 0 Å². The number of anilines is 4. The Hall–Kier alpha value is -5.25. The van der Waals surface area contributed by atoms with Crippen LogP contribution >= 0.6 is 8.60 Å². The van der Waals surface area contributed by atoms with Crippen molar-refractivity contribution in [3.63, 3.8) is 0 Å². The fourth-order valence-corrected chi connectivity index (χ4v) is 5.29. The summed E-state index contributed by atoms with van der Waals surface area (Å²) in [7, 11) is -1.78. The fourth-order valence-electron chi connectivity index (χ4n) is 4.30. The summed E-state index contributed by atoms with van der Waals surface area (Å²) in [5.41, 5.74) is 6.20. The zero-order chi connectivity index (χ0) is 28.4. The molecule has 5 nitrogen and oxygen atoms in total. The lowest BCUT2D eigenvalue weighted by atomic mass is 10.0. The van der Waals surface area contributed by atoms with Gasteiger partial charge in [-0.3, -0.25) is 0 Å². The molecule has 0 fully saturated rings. The number of para-hydroxylation sites is 4. The monoisotopic (exact) mass is 568 g/mol. The number of hydrogen-bond acceptors (Lipinski definition) is 5. The van der Waals surface area contributed by atoms with E-state index in [1.165, 1.54) is 0 Å². The van der Waals surface area contributed by atoms with E-state index >= 15 is 0 Å². The summed E-state index contributed by atoms with van der Waals surface area (Å²) in [5, 5.41) is 6.90. The van der Waals surface area contributed by atoms with Crippen molar-refractivity contribution in [1.82, 2.24) is 0 Å². The van der Waals surface area contributed by atoms with E-state index in [2.05, 4.69) is 34.9 Å². The van der Waals surface area contributed by atoms with Crippen LogP contribution in [0.1, 0.15) is 0 Å². The van der Waals surface area contributed by atoms with Gasteiger partial charge in [0.1, 0.15) is 17.2 Å². The van der Waals surface area contributed by atoms with Gasteiger partial charge in [-0.15, -0.1) is 0 Å². The Morgan fingerprint density at radius 1 is 0.357 bits per heavy atom. The topological polar surface area (TPSA) is 51.8 Å². The van der Waals surface area contributed by atoms with Gasteiger partial charge in [-0.2, -0.15) is 0 Å². The van der Waals surface area contributed by atoms with Crippen LogP contribution in [0.25, 0.3) is 11.1 Å². The van der Waals surface area contributed by atoms with Crippen molar-refractivity contribution >= 4 is 31.4 Å². The Bertz CT molecular complexity index is 1680. The minimum Gasteiger partial charge on any atom is -0.409 e. The minimum absolute atomic E-state index is 0.646. The van der Waals surface area contributed by atoms with Gasteiger partial charge in [0.15, 0.2) is 0 Å². The largest absolute Gasteiger partial charge is 0.530 e. The molecular formula is C36H29N2O3P. The number of nitrogens with one attached hydrogen (secondary N) is 2. The third-order valence-corrected chi connectivity index (χ3v) is 7.42. The maximum Gasteiger partial charge on any atom is 0.530 e. The molecule has 6 aromatic rings. The van der Waals surface area contributed by atoms with Crippen LogP contribution in [0.3, 0.4) is 0 Å². The van der Waals surface area contributed by atoms with Crippen LogP contribution in [0.5, 0.6) is 17.2 Å². The molecule has 0 aliphatic carbocycles. The second kappa shape index (κ2) is 13.4. The second-order valence-electron chi connectivity index (χ2n) is 9.39. The Morgan fingerprint density at radius 2 is 0.786 bits per heavy atom. The van der Waals surface area contributed by atoms with Gasteiger partial charge < -0.3 is 24.2 Å². The average Bonchev–Trinajstić information content (AvgIpc) is 3.04. The predicted octanol–water partition coefficient (Wildman–Crippen LogP) is 10.6. The normalized spacial score (nSPS) is 11.2. The summed E-state index contributed by atoms with van der Waals surface area (Å²) in [6.45, 7) is 0. The lowest BCUT2D eigenvalue weighted by molar-refractivity contribution is 0.388. The van der Waals surface area contributed by atoms with Gasteiger partial charge in [-0.25, -0.2) is 0 Å². The zero-order valence-corrected chi connectivity index (χ0v) is 23.7. The van der Waals surface area contributed by atoms with E-state index in [1.807, 2.05) is 140 Å². The molecule has 42 heavy (non-hydrogen) atoms. The van der Waals surface area contributed by atoms with E-state index in [0.717, 1.165) is 33.9 Å². The highest BCUT2D eigenvalue weighted by Gasteiger charge is 2.20. The quantitative estimate of drug-likeness (QED) is 0.152. The standard InChI is InChI=1S/C36H29N2O3P/c1-4-12-29(13-5-1)37-31-22-26-34(27-23-31)41-42(39-32-16-8-3-9-17-32)40-33-24-20-28(21-25-33)35-18-10-11-19-36(35)38-30-14-6-2-7-15-30/h1-27,37-38H. The Balaban J connectivity index is 1.17.